The Morgan fingerprint density at radius 3 is 2.27 bits per heavy atom. The minimum Gasteiger partial charge on any atom is -0.431 e. The molecular weight excluding hydrogens is 164 g/mol. The van der Waals surface area contributed by atoms with Crippen molar-refractivity contribution in [2.75, 3.05) is 5.88 Å². The molecule has 62 valence electrons. The third-order valence-electron chi connectivity index (χ3n) is 2.32. The molecule has 0 bridgehead atoms. The number of halogens is 1. The summed E-state index contributed by atoms with van der Waals surface area (Å²) in [6.45, 7) is 5.46. The zero-order chi connectivity index (χ0) is 8.65. The van der Waals surface area contributed by atoms with E-state index in [1.165, 1.54) is 0 Å². The monoisotopic (exact) mass is 174 g/mol. The molecule has 0 N–H and O–H groups in total. The highest BCUT2D eigenvalue weighted by Gasteiger charge is 2.42. The Morgan fingerprint density at radius 1 is 1.55 bits per heavy atom. The van der Waals surface area contributed by atoms with Crippen molar-refractivity contribution in [1.29, 1.82) is 0 Å². The van der Waals surface area contributed by atoms with E-state index in [-0.39, 0.29) is 11.8 Å². The van der Waals surface area contributed by atoms with Gasteiger partial charge in [0.1, 0.15) is 11.2 Å². The Labute approximate surface area is 71.2 Å². The highest BCUT2D eigenvalue weighted by atomic mass is 35.5. The molecule has 3 heteroatoms. The van der Waals surface area contributed by atoms with Crippen LogP contribution in [-0.4, -0.2) is 11.8 Å². The van der Waals surface area contributed by atoms with Gasteiger partial charge in [-0.3, -0.25) is 4.79 Å². The fourth-order valence-corrected chi connectivity index (χ4v) is 1.33. The van der Waals surface area contributed by atoms with Gasteiger partial charge in [0, 0.05) is 5.88 Å². The largest absolute Gasteiger partial charge is 0.431 e. The van der Waals surface area contributed by atoms with Crippen molar-refractivity contribution in [3.05, 3.63) is 11.3 Å². The van der Waals surface area contributed by atoms with Gasteiger partial charge in [0.05, 0.1) is 0 Å². The lowest BCUT2D eigenvalue weighted by atomic mass is 9.86. The number of rotatable bonds is 1. The van der Waals surface area contributed by atoms with E-state index in [1.54, 1.807) is 13.8 Å². The molecule has 1 atom stereocenters. The first-order valence-corrected chi connectivity index (χ1v) is 4.02. The third-order valence-corrected chi connectivity index (χ3v) is 2.85. The summed E-state index contributed by atoms with van der Waals surface area (Å²) >= 11 is 5.67. The van der Waals surface area contributed by atoms with E-state index in [1.807, 2.05) is 6.92 Å². The Bertz CT molecular complexity index is 232. The van der Waals surface area contributed by atoms with Gasteiger partial charge in [-0.1, -0.05) is 0 Å². The number of carbonyl (C=O) groups excluding carboxylic acids is 1. The van der Waals surface area contributed by atoms with Crippen molar-refractivity contribution in [2.24, 2.45) is 5.41 Å². The predicted molar refractivity (Wildman–Crippen MR) is 43.3 cm³/mol. The summed E-state index contributed by atoms with van der Waals surface area (Å²) in [5.41, 5.74) is 0.351. The Hall–Kier alpha value is -0.500. The molecule has 0 spiro atoms. The maximum atomic E-state index is 11.2. The molecule has 0 amide bonds. The number of hydrogen-bond donors (Lipinski definition) is 0. The molecule has 2 nitrogen and oxygen atoms in total. The number of carbonyl (C=O) groups is 1. The van der Waals surface area contributed by atoms with E-state index in [9.17, 15) is 4.79 Å². The summed E-state index contributed by atoms with van der Waals surface area (Å²) in [6.07, 6.45) is 0. The molecule has 0 radical (unpaired) electrons. The molecule has 1 rings (SSSR count). The SMILES string of the molecule is CC1=C(C)C(C)(CCl)C(=O)O1. The number of esters is 1. The fraction of sp³-hybridized carbons (Fsp3) is 0.625. The van der Waals surface area contributed by atoms with Crippen molar-refractivity contribution < 1.29 is 9.53 Å². The Balaban J connectivity index is 3.05. The normalized spacial score (nSPS) is 31.1. The van der Waals surface area contributed by atoms with Crippen LogP contribution in [0.15, 0.2) is 11.3 Å². The number of hydrogen-bond acceptors (Lipinski definition) is 2. The van der Waals surface area contributed by atoms with Gasteiger partial charge < -0.3 is 4.74 Å². The molecule has 0 fully saturated rings. The van der Waals surface area contributed by atoms with E-state index < -0.39 is 5.41 Å². The highest BCUT2D eigenvalue weighted by Crippen LogP contribution is 2.38. The lowest BCUT2D eigenvalue weighted by Crippen LogP contribution is -2.26. The zero-order valence-corrected chi connectivity index (χ0v) is 7.66. The van der Waals surface area contributed by atoms with Gasteiger partial charge in [-0.2, -0.15) is 0 Å². The molecule has 0 aliphatic carbocycles. The van der Waals surface area contributed by atoms with E-state index in [0.717, 1.165) is 5.57 Å². The fourth-order valence-electron chi connectivity index (χ4n) is 1.02. The van der Waals surface area contributed by atoms with Gasteiger partial charge in [0.2, 0.25) is 0 Å². The molecule has 1 unspecified atom stereocenters. The average molecular weight is 175 g/mol. The second kappa shape index (κ2) is 2.52. The van der Waals surface area contributed by atoms with Crippen molar-refractivity contribution in [2.45, 2.75) is 20.8 Å². The molecule has 0 saturated heterocycles. The number of alkyl halides is 1. The Morgan fingerprint density at radius 2 is 2.09 bits per heavy atom. The highest BCUT2D eigenvalue weighted by molar-refractivity contribution is 6.20. The number of allylic oxidation sites excluding steroid dienone is 1. The predicted octanol–water partition coefficient (Wildman–Crippen LogP) is 2.08. The van der Waals surface area contributed by atoms with Gasteiger partial charge in [0.25, 0.3) is 0 Å². The summed E-state index contributed by atoms with van der Waals surface area (Å²) < 4.78 is 4.94. The van der Waals surface area contributed by atoms with Crippen molar-refractivity contribution in [3.63, 3.8) is 0 Å². The molecule has 1 heterocycles. The first-order valence-electron chi connectivity index (χ1n) is 3.48. The van der Waals surface area contributed by atoms with Crippen molar-refractivity contribution in [3.8, 4) is 0 Å². The van der Waals surface area contributed by atoms with Gasteiger partial charge in [-0.05, 0) is 26.3 Å². The second-order valence-corrected chi connectivity index (χ2v) is 3.30. The van der Waals surface area contributed by atoms with Crippen LogP contribution in [0.25, 0.3) is 0 Å². The molecule has 1 aliphatic rings. The first-order chi connectivity index (χ1) is 5.02. The Kier molecular flexibility index (Phi) is 1.97. The second-order valence-electron chi connectivity index (χ2n) is 3.04. The minimum atomic E-state index is -0.592. The zero-order valence-electron chi connectivity index (χ0n) is 6.90. The lowest BCUT2D eigenvalue weighted by Gasteiger charge is -2.16. The van der Waals surface area contributed by atoms with Crippen LogP contribution in [-0.2, 0) is 9.53 Å². The van der Waals surface area contributed by atoms with Crippen LogP contribution in [0, 0.1) is 5.41 Å². The van der Waals surface area contributed by atoms with E-state index in [0.29, 0.717) is 5.76 Å². The summed E-state index contributed by atoms with van der Waals surface area (Å²) in [4.78, 5) is 11.2. The lowest BCUT2D eigenvalue weighted by molar-refractivity contribution is -0.143. The van der Waals surface area contributed by atoms with Crippen LogP contribution in [0.1, 0.15) is 20.8 Å². The maximum absolute atomic E-state index is 11.2. The van der Waals surface area contributed by atoms with E-state index in [2.05, 4.69) is 0 Å². The van der Waals surface area contributed by atoms with Gasteiger partial charge in [0.15, 0.2) is 0 Å². The third kappa shape index (κ3) is 1.06. The number of cyclic esters (lactones) is 1. The molecule has 0 aromatic rings. The van der Waals surface area contributed by atoms with Crippen LogP contribution >= 0.6 is 11.6 Å². The van der Waals surface area contributed by atoms with Crippen molar-refractivity contribution >= 4 is 17.6 Å². The van der Waals surface area contributed by atoms with E-state index >= 15 is 0 Å². The van der Waals surface area contributed by atoms with Crippen LogP contribution in [0.2, 0.25) is 0 Å². The minimum absolute atomic E-state index is 0.234. The molecule has 0 saturated carbocycles. The van der Waals surface area contributed by atoms with Gasteiger partial charge in [-0.15, -0.1) is 11.6 Å². The average Bonchev–Trinajstić information content (AvgIpc) is 2.16. The summed E-state index contributed by atoms with van der Waals surface area (Å²) in [5, 5.41) is 0. The van der Waals surface area contributed by atoms with Gasteiger partial charge >= 0.3 is 5.97 Å². The molecule has 0 aromatic heterocycles. The molecule has 11 heavy (non-hydrogen) atoms. The van der Waals surface area contributed by atoms with Gasteiger partial charge in [-0.25, -0.2) is 0 Å². The topological polar surface area (TPSA) is 26.3 Å². The smallest absolute Gasteiger partial charge is 0.322 e. The van der Waals surface area contributed by atoms with Crippen LogP contribution in [0.4, 0.5) is 0 Å². The molecule has 1 aliphatic heterocycles. The van der Waals surface area contributed by atoms with Crippen molar-refractivity contribution in [1.82, 2.24) is 0 Å². The quantitative estimate of drug-likeness (QED) is 0.450. The standard InChI is InChI=1S/C8H11ClO2/c1-5-6(2)11-7(10)8(5,3)4-9/h4H2,1-3H3. The molecule has 0 aromatic carbocycles. The summed E-state index contributed by atoms with van der Waals surface area (Å²) in [6, 6.07) is 0. The first kappa shape index (κ1) is 8.60. The van der Waals surface area contributed by atoms with Crippen LogP contribution in [0.3, 0.4) is 0 Å². The summed E-state index contributed by atoms with van der Waals surface area (Å²) in [7, 11) is 0. The maximum Gasteiger partial charge on any atom is 0.322 e. The molecular formula is C8H11ClO2. The summed E-state index contributed by atoms with van der Waals surface area (Å²) in [5.74, 6) is 0.746. The van der Waals surface area contributed by atoms with E-state index in [4.69, 9.17) is 16.3 Å². The number of ether oxygens (including phenoxy) is 1. The van der Waals surface area contributed by atoms with Crippen LogP contribution < -0.4 is 0 Å². The van der Waals surface area contributed by atoms with Crippen LogP contribution in [0.5, 0.6) is 0 Å².